The highest BCUT2D eigenvalue weighted by molar-refractivity contribution is 5.85. The van der Waals surface area contributed by atoms with E-state index in [1.54, 1.807) is 0 Å². The van der Waals surface area contributed by atoms with Gasteiger partial charge in [-0.15, -0.1) is 0 Å². The third-order valence-electron chi connectivity index (χ3n) is 10.3. The Hall–Kier alpha value is -5.10. The van der Waals surface area contributed by atoms with Crippen LogP contribution in [-0.4, -0.2) is 46.0 Å². The van der Waals surface area contributed by atoms with E-state index in [0.717, 1.165) is 59.1 Å². The third kappa shape index (κ3) is 12.0. The van der Waals surface area contributed by atoms with Gasteiger partial charge < -0.3 is 10.6 Å². The quantitative estimate of drug-likeness (QED) is 0.171. The molecule has 2 aliphatic rings. The van der Waals surface area contributed by atoms with Gasteiger partial charge in [-0.3, -0.25) is 9.80 Å². The van der Waals surface area contributed by atoms with Gasteiger partial charge in [0.1, 0.15) is 0 Å². The third-order valence-corrected chi connectivity index (χ3v) is 10.3. The lowest BCUT2D eigenvalue weighted by molar-refractivity contribution is 0.197. The van der Waals surface area contributed by atoms with Crippen molar-refractivity contribution in [3.8, 4) is 0 Å². The molecule has 284 valence electrons. The molecule has 2 N–H and O–H groups in total. The smallest absolute Gasteiger partial charge is 0.321 e. The number of nitrogens with zero attached hydrogens (tertiary/aromatic N) is 2. The molecule has 2 aliphatic carbocycles. The summed E-state index contributed by atoms with van der Waals surface area (Å²) in [6.45, 7) is 8.24. The largest absolute Gasteiger partial charge is 0.335 e. The van der Waals surface area contributed by atoms with Gasteiger partial charge in [-0.1, -0.05) is 160 Å². The lowest BCUT2D eigenvalue weighted by Crippen LogP contribution is -2.45. The van der Waals surface area contributed by atoms with E-state index in [4.69, 9.17) is 0 Å². The summed E-state index contributed by atoms with van der Waals surface area (Å²) in [5.41, 5.74) is 6.56. The summed E-state index contributed by atoms with van der Waals surface area (Å²) in [7, 11) is 0. The Balaban J connectivity index is 0.000000208. The Morgan fingerprint density at radius 3 is 0.963 bits per heavy atom. The zero-order valence-electron chi connectivity index (χ0n) is 32.8. The van der Waals surface area contributed by atoms with Gasteiger partial charge in [-0.05, 0) is 75.6 Å². The predicted molar refractivity (Wildman–Crippen MR) is 225 cm³/mol. The van der Waals surface area contributed by atoms with Gasteiger partial charge >= 0.3 is 12.1 Å². The summed E-state index contributed by atoms with van der Waals surface area (Å²) in [4.78, 5) is 29.7. The van der Waals surface area contributed by atoms with E-state index in [1.165, 1.54) is 38.5 Å². The molecule has 0 aliphatic heterocycles. The van der Waals surface area contributed by atoms with Crippen LogP contribution >= 0.6 is 0 Å². The van der Waals surface area contributed by atoms with Crippen molar-refractivity contribution >= 4 is 23.2 Å². The monoisotopic (exact) mass is 724 g/mol. The van der Waals surface area contributed by atoms with Crippen LogP contribution in [0.3, 0.4) is 0 Å². The lowest BCUT2D eigenvalue weighted by atomic mass is 9.95. The van der Waals surface area contributed by atoms with Gasteiger partial charge in [0.25, 0.3) is 0 Å². The molecule has 2 fully saturated rings. The van der Waals surface area contributed by atoms with Crippen molar-refractivity contribution in [1.82, 2.24) is 20.4 Å². The first-order chi connectivity index (χ1) is 26.3. The summed E-state index contributed by atoms with van der Waals surface area (Å²) in [5.74, 6) is 0. The second-order valence-electron chi connectivity index (χ2n) is 15.1. The van der Waals surface area contributed by atoms with Crippen molar-refractivity contribution in [2.75, 3.05) is 0 Å². The van der Waals surface area contributed by atoms with Crippen LogP contribution < -0.4 is 10.6 Å². The number of urea groups is 2. The van der Waals surface area contributed by atoms with E-state index < -0.39 is 0 Å². The molecule has 0 aromatic heterocycles. The number of rotatable bonds is 10. The first-order valence-electron chi connectivity index (χ1n) is 20.1. The Kier molecular flexibility index (Phi) is 15.6. The Morgan fingerprint density at radius 2 is 0.722 bits per heavy atom. The fourth-order valence-electron chi connectivity index (χ4n) is 7.26. The van der Waals surface area contributed by atoms with Gasteiger partial charge in [0, 0.05) is 47.7 Å². The topological polar surface area (TPSA) is 64.7 Å². The molecule has 0 spiro atoms. The normalized spacial score (nSPS) is 14.6. The first kappa shape index (κ1) is 40.1. The zero-order chi connectivity index (χ0) is 38.1. The summed E-state index contributed by atoms with van der Waals surface area (Å²) in [6, 6.07) is 41.9. The Morgan fingerprint density at radius 1 is 0.463 bits per heavy atom. The van der Waals surface area contributed by atoms with E-state index in [2.05, 4.69) is 86.9 Å². The molecule has 4 aromatic rings. The molecular formula is C48H60N4O2. The highest BCUT2D eigenvalue weighted by Crippen LogP contribution is 2.27. The summed E-state index contributed by atoms with van der Waals surface area (Å²) >= 11 is 0. The van der Waals surface area contributed by atoms with Gasteiger partial charge in [0.2, 0.25) is 0 Å². The molecule has 54 heavy (non-hydrogen) atoms. The van der Waals surface area contributed by atoms with Crippen LogP contribution in [0.4, 0.5) is 9.59 Å². The van der Waals surface area contributed by atoms with Gasteiger partial charge in [-0.2, -0.15) is 0 Å². The fourth-order valence-corrected chi connectivity index (χ4v) is 7.26. The fraction of sp³-hybridized carbons (Fsp3) is 0.375. The average molecular weight is 725 g/mol. The van der Waals surface area contributed by atoms with Gasteiger partial charge in [-0.25, -0.2) is 9.59 Å². The van der Waals surface area contributed by atoms with Crippen molar-refractivity contribution in [3.63, 3.8) is 0 Å². The molecule has 6 rings (SSSR count). The average Bonchev–Trinajstić information content (AvgIpc) is 3.20. The molecule has 6 heteroatoms. The number of carbonyl (C=O) groups excluding carboxylic acids is 2. The minimum atomic E-state index is 0.00117. The van der Waals surface area contributed by atoms with Gasteiger partial charge in [0.05, 0.1) is 0 Å². The first-order valence-corrected chi connectivity index (χ1v) is 20.1. The van der Waals surface area contributed by atoms with Crippen LogP contribution in [-0.2, 0) is 0 Å². The number of hydrogen-bond donors (Lipinski definition) is 2. The van der Waals surface area contributed by atoms with Crippen LogP contribution in [0.2, 0.25) is 0 Å². The number of nitrogens with one attached hydrogen (secondary N) is 2. The molecule has 0 heterocycles. The van der Waals surface area contributed by atoms with Crippen LogP contribution in [0.5, 0.6) is 0 Å². The van der Waals surface area contributed by atoms with E-state index >= 15 is 0 Å². The molecule has 0 unspecified atom stereocenters. The van der Waals surface area contributed by atoms with Crippen molar-refractivity contribution in [1.29, 1.82) is 0 Å². The number of hydrogen-bond acceptors (Lipinski definition) is 2. The van der Waals surface area contributed by atoms with Crippen molar-refractivity contribution in [2.45, 2.75) is 116 Å². The lowest BCUT2D eigenvalue weighted by Gasteiger charge is -2.29. The number of amides is 4. The molecule has 0 radical (unpaired) electrons. The molecule has 4 aromatic carbocycles. The van der Waals surface area contributed by atoms with Gasteiger partial charge in [0.15, 0.2) is 0 Å². The van der Waals surface area contributed by atoms with E-state index in [1.807, 2.05) is 95.0 Å². The molecule has 2 saturated carbocycles. The number of benzene rings is 4. The zero-order valence-corrected chi connectivity index (χ0v) is 32.8. The van der Waals surface area contributed by atoms with E-state index in [-0.39, 0.29) is 24.1 Å². The SMILES string of the molecule is CC(C)N(C=C(c1ccccc1)c1ccccc1)C(=O)NC1CCCCC1.CC(C)N(C=C(c1ccccc1)c1ccccc1)C(=O)NC1CCCCC1. The molecule has 0 bridgehead atoms. The molecular weight excluding hydrogens is 665 g/mol. The van der Waals surface area contributed by atoms with Crippen LogP contribution in [0, 0.1) is 0 Å². The minimum Gasteiger partial charge on any atom is -0.335 e. The molecule has 4 amide bonds. The maximum atomic E-state index is 13.0. The van der Waals surface area contributed by atoms with Crippen molar-refractivity contribution < 1.29 is 9.59 Å². The summed E-state index contributed by atoms with van der Waals surface area (Å²) < 4.78 is 0. The van der Waals surface area contributed by atoms with E-state index in [9.17, 15) is 9.59 Å². The summed E-state index contributed by atoms with van der Waals surface area (Å²) in [6.07, 6.45) is 15.8. The highest BCUT2D eigenvalue weighted by Gasteiger charge is 2.23. The Labute approximate surface area is 324 Å². The second-order valence-corrected chi connectivity index (χ2v) is 15.1. The molecule has 0 saturated heterocycles. The standard InChI is InChI=1S/2C24H30N2O/c2*1-19(2)26(24(27)25-22-16-10-5-11-17-22)18-23(20-12-6-3-7-13-20)21-14-8-4-9-15-21/h2*3-4,6-9,12-15,18-19,22H,5,10-11,16-17H2,1-2H3,(H,25,27). The second kappa shape index (κ2) is 21.0. The highest BCUT2D eigenvalue weighted by atomic mass is 16.2. The van der Waals surface area contributed by atoms with Crippen LogP contribution in [0.15, 0.2) is 134 Å². The predicted octanol–water partition coefficient (Wildman–Crippen LogP) is 11.7. The Bertz CT molecular complexity index is 1540. The van der Waals surface area contributed by atoms with Crippen molar-refractivity contribution in [3.05, 3.63) is 156 Å². The van der Waals surface area contributed by atoms with E-state index in [0.29, 0.717) is 12.1 Å². The van der Waals surface area contributed by atoms with Crippen LogP contribution in [0.1, 0.15) is 114 Å². The maximum Gasteiger partial charge on any atom is 0.321 e. The van der Waals surface area contributed by atoms with Crippen molar-refractivity contribution in [2.24, 2.45) is 0 Å². The summed E-state index contributed by atoms with van der Waals surface area (Å²) in [5, 5.41) is 6.50. The van der Waals surface area contributed by atoms with Crippen LogP contribution in [0.25, 0.3) is 11.1 Å². The maximum absolute atomic E-state index is 13.0. The minimum absolute atomic E-state index is 0.00117. The number of carbonyl (C=O) groups is 2. The molecule has 0 atom stereocenters. The molecule has 6 nitrogen and oxygen atoms in total.